The number of nitrogens with one attached hydrogen (secondary N) is 1. The van der Waals surface area contributed by atoms with Crippen molar-refractivity contribution >= 4 is 23.9 Å². The Morgan fingerprint density at radius 3 is 2.33 bits per heavy atom. The monoisotopic (exact) mass is 260 g/mol. The lowest BCUT2D eigenvalue weighted by Crippen LogP contribution is -2.43. The Balaban J connectivity index is 3.95. The van der Waals surface area contributed by atoms with Gasteiger partial charge in [0, 0.05) is 19.9 Å². The van der Waals surface area contributed by atoms with E-state index in [0.717, 1.165) is 4.90 Å². The van der Waals surface area contributed by atoms with Crippen molar-refractivity contribution < 1.29 is 29.0 Å². The number of likely N-dealkylation sites (N-methyl/N-ethyl adjacent to an activating group) is 1. The van der Waals surface area contributed by atoms with E-state index in [1.807, 2.05) is 5.32 Å². The third kappa shape index (κ3) is 7.20. The van der Waals surface area contributed by atoms with E-state index >= 15 is 0 Å². The van der Waals surface area contributed by atoms with Gasteiger partial charge < -0.3 is 14.7 Å². The zero-order valence-corrected chi connectivity index (χ0v) is 10.3. The molecule has 8 heteroatoms. The topological polar surface area (TPSA) is 113 Å². The number of rotatable bonds is 6. The number of urea groups is 1. The molecule has 0 unspecified atom stereocenters. The predicted molar refractivity (Wildman–Crippen MR) is 59.7 cm³/mol. The Labute approximate surface area is 104 Å². The first kappa shape index (κ1) is 15.9. The predicted octanol–water partition coefficient (Wildman–Crippen LogP) is -0.418. The van der Waals surface area contributed by atoms with Gasteiger partial charge in [0.25, 0.3) is 0 Å². The molecule has 0 aliphatic heterocycles. The average molecular weight is 260 g/mol. The molecular formula is C10H16N2O6. The van der Waals surface area contributed by atoms with Gasteiger partial charge in [-0.2, -0.15) is 0 Å². The molecule has 0 aromatic rings. The summed E-state index contributed by atoms with van der Waals surface area (Å²) in [7, 11) is 2.52. The largest absolute Gasteiger partial charge is 0.481 e. The van der Waals surface area contributed by atoms with E-state index in [1.54, 1.807) is 0 Å². The molecule has 0 aliphatic rings. The molecule has 0 saturated heterocycles. The van der Waals surface area contributed by atoms with Crippen LogP contribution in [-0.4, -0.2) is 54.6 Å². The minimum atomic E-state index is -1.00. The highest BCUT2D eigenvalue weighted by Gasteiger charge is 2.15. The molecule has 0 aromatic heterocycles. The second-order valence-corrected chi connectivity index (χ2v) is 3.53. The summed E-state index contributed by atoms with van der Waals surface area (Å²) in [4.78, 5) is 44.7. The van der Waals surface area contributed by atoms with Crippen LogP contribution in [0.25, 0.3) is 0 Å². The summed E-state index contributed by atoms with van der Waals surface area (Å²) in [6.45, 7) is -0.273. The lowest BCUT2D eigenvalue weighted by molar-refractivity contribution is -0.141. The summed E-state index contributed by atoms with van der Waals surface area (Å²) in [6.07, 6.45) is -0.0567. The van der Waals surface area contributed by atoms with Gasteiger partial charge in [0.2, 0.25) is 5.91 Å². The summed E-state index contributed by atoms with van der Waals surface area (Å²) in [5.74, 6) is -2.19. The number of carbonyl (C=O) groups excluding carboxylic acids is 3. The van der Waals surface area contributed by atoms with Gasteiger partial charge in [-0.3, -0.25) is 19.7 Å². The zero-order valence-electron chi connectivity index (χ0n) is 10.3. The van der Waals surface area contributed by atoms with Crippen molar-refractivity contribution in [2.75, 3.05) is 20.7 Å². The molecule has 3 amide bonds. The Bertz CT molecular complexity index is 341. The number of methoxy groups -OCH3 is 1. The molecule has 0 atom stereocenters. The summed E-state index contributed by atoms with van der Waals surface area (Å²) in [5.41, 5.74) is 0. The van der Waals surface area contributed by atoms with Crippen molar-refractivity contribution in [2.24, 2.45) is 0 Å². The van der Waals surface area contributed by atoms with Gasteiger partial charge in [0.1, 0.15) is 6.54 Å². The molecule has 8 nitrogen and oxygen atoms in total. The summed E-state index contributed by atoms with van der Waals surface area (Å²) in [5, 5.41) is 10.4. The van der Waals surface area contributed by atoms with E-state index in [-0.39, 0.29) is 25.8 Å². The highest BCUT2D eigenvalue weighted by atomic mass is 16.5. The molecule has 102 valence electrons. The number of imide groups is 1. The van der Waals surface area contributed by atoms with Crippen LogP contribution in [0.3, 0.4) is 0 Å². The number of carbonyl (C=O) groups is 4. The molecular weight excluding hydrogens is 244 g/mol. The van der Waals surface area contributed by atoms with Crippen LogP contribution >= 0.6 is 0 Å². The molecule has 2 N–H and O–H groups in total. The minimum absolute atomic E-state index is 0.0654. The summed E-state index contributed by atoms with van der Waals surface area (Å²) >= 11 is 0. The number of hydrogen-bond acceptors (Lipinski definition) is 5. The Morgan fingerprint density at radius 1 is 1.22 bits per heavy atom. The van der Waals surface area contributed by atoms with Crippen molar-refractivity contribution in [3.63, 3.8) is 0 Å². The van der Waals surface area contributed by atoms with Gasteiger partial charge >= 0.3 is 18.0 Å². The lowest BCUT2D eigenvalue weighted by atomic mass is 10.2. The second-order valence-electron chi connectivity index (χ2n) is 3.53. The van der Waals surface area contributed by atoms with Gasteiger partial charge in [-0.25, -0.2) is 4.79 Å². The van der Waals surface area contributed by atoms with Crippen LogP contribution in [0.2, 0.25) is 0 Å². The lowest BCUT2D eigenvalue weighted by Gasteiger charge is -2.15. The molecule has 0 heterocycles. The highest BCUT2D eigenvalue weighted by Crippen LogP contribution is 1.96. The van der Waals surface area contributed by atoms with Crippen molar-refractivity contribution in [2.45, 2.75) is 19.3 Å². The zero-order chi connectivity index (χ0) is 14.1. The summed E-state index contributed by atoms with van der Waals surface area (Å²) in [6, 6.07) is -0.735. The minimum Gasteiger partial charge on any atom is -0.481 e. The Morgan fingerprint density at radius 2 is 1.83 bits per heavy atom. The van der Waals surface area contributed by atoms with Crippen molar-refractivity contribution in [3.8, 4) is 0 Å². The molecule has 0 saturated carbocycles. The third-order valence-electron chi connectivity index (χ3n) is 1.98. The third-order valence-corrected chi connectivity index (χ3v) is 1.98. The fraction of sp³-hybridized carbons (Fsp3) is 0.600. The van der Waals surface area contributed by atoms with Gasteiger partial charge in [-0.05, 0) is 6.42 Å². The molecule has 0 spiro atoms. The number of nitrogens with zero attached hydrogens (tertiary/aromatic N) is 1. The van der Waals surface area contributed by atoms with Crippen molar-refractivity contribution in [1.82, 2.24) is 10.2 Å². The molecule has 0 aliphatic carbocycles. The Hall–Kier alpha value is -2.12. The maximum Gasteiger partial charge on any atom is 0.325 e. The number of carboxylic acid groups (broad SMARTS) is 1. The summed E-state index contributed by atoms with van der Waals surface area (Å²) < 4.78 is 4.36. The van der Waals surface area contributed by atoms with Crippen LogP contribution in [0.1, 0.15) is 19.3 Å². The average Bonchev–Trinajstić information content (AvgIpc) is 2.27. The first-order valence-corrected chi connectivity index (χ1v) is 5.20. The van der Waals surface area contributed by atoms with E-state index in [2.05, 4.69) is 4.74 Å². The Kier molecular flexibility index (Phi) is 7.10. The fourth-order valence-corrected chi connectivity index (χ4v) is 1.01. The number of hydrogen-bond donors (Lipinski definition) is 2. The molecule has 0 aromatic carbocycles. The van der Waals surface area contributed by atoms with Gasteiger partial charge in [0.15, 0.2) is 0 Å². The fourth-order valence-electron chi connectivity index (χ4n) is 1.01. The maximum atomic E-state index is 11.4. The van der Waals surface area contributed by atoms with Crippen LogP contribution < -0.4 is 5.32 Å². The number of carboxylic acids is 1. The first-order chi connectivity index (χ1) is 8.36. The van der Waals surface area contributed by atoms with Gasteiger partial charge in [-0.1, -0.05) is 0 Å². The van der Waals surface area contributed by atoms with Crippen LogP contribution in [0.4, 0.5) is 4.79 Å². The quantitative estimate of drug-likeness (QED) is 0.627. The van der Waals surface area contributed by atoms with E-state index in [9.17, 15) is 19.2 Å². The molecule has 0 bridgehead atoms. The van der Waals surface area contributed by atoms with Crippen molar-refractivity contribution in [1.29, 1.82) is 0 Å². The van der Waals surface area contributed by atoms with Crippen LogP contribution in [-0.2, 0) is 19.1 Å². The maximum absolute atomic E-state index is 11.4. The van der Waals surface area contributed by atoms with Crippen LogP contribution in [0.15, 0.2) is 0 Å². The van der Waals surface area contributed by atoms with E-state index in [0.29, 0.717) is 0 Å². The first-order valence-electron chi connectivity index (χ1n) is 5.20. The van der Waals surface area contributed by atoms with E-state index in [1.165, 1.54) is 14.2 Å². The standard InChI is InChI=1S/C10H16N2O6/c1-12(6-9(16)18-2)10(17)11-7(13)4-3-5-8(14)15/h3-6H2,1-2H3,(H,14,15)(H,11,13,17). The number of ether oxygens (including phenoxy) is 1. The second kappa shape index (κ2) is 8.04. The smallest absolute Gasteiger partial charge is 0.325 e. The molecule has 0 radical (unpaired) electrons. The van der Waals surface area contributed by atoms with E-state index in [4.69, 9.17) is 5.11 Å². The van der Waals surface area contributed by atoms with Crippen LogP contribution in [0.5, 0.6) is 0 Å². The van der Waals surface area contributed by atoms with E-state index < -0.39 is 23.9 Å². The number of aliphatic carboxylic acids is 1. The van der Waals surface area contributed by atoms with Gasteiger partial charge in [-0.15, -0.1) is 0 Å². The highest BCUT2D eigenvalue weighted by molar-refractivity contribution is 5.95. The molecule has 18 heavy (non-hydrogen) atoms. The normalized spacial score (nSPS) is 9.44. The molecule has 0 rings (SSSR count). The molecule has 0 fully saturated rings. The number of amides is 3. The van der Waals surface area contributed by atoms with Gasteiger partial charge in [0.05, 0.1) is 7.11 Å². The number of esters is 1. The van der Waals surface area contributed by atoms with Crippen LogP contribution in [0, 0.1) is 0 Å². The SMILES string of the molecule is COC(=O)CN(C)C(=O)NC(=O)CCCC(=O)O. The van der Waals surface area contributed by atoms with Crippen molar-refractivity contribution in [3.05, 3.63) is 0 Å².